The van der Waals surface area contributed by atoms with E-state index in [1.807, 2.05) is 0 Å². The van der Waals surface area contributed by atoms with Crippen molar-refractivity contribution in [3.63, 3.8) is 0 Å². The van der Waals surface area contributed by atoms with E-state index in [2.05, 4.69) is 43.6 Å². The fourth-order valence-electron chi connectivity index (χ4n) is 1.93. The maximum absolute atomic E-state index is 9.77. The van der Waals surface area contributed by atoms with Crippen molar-refractivity contribution in [1.29, 1.82) is 0 Å². The summed E-state index contributed by atoms with van der Waals surface area (Å²) >= 11 is 3.48. The summed E-state index contributed by atoms with van der Waals surface area (Å²) in [6, 6.07) is 0. The zero-order valence-corrected chi connectivity index (χ0v) is 12.3. The van der Waals surface area contributed by atoms with Crippen molar-refractivity contribution in [2.24, 2.45) is 11.8 Å². The molecule has 0 spiro atoms. The van der Waals surface area contributed by atoms with Crippen LogP contribution in [-0.2, 0) is 0 Å². The Labute approximate surface area is 104 Å². The fourth-order valence-corrected chi connectivity index (χ4v) is 2.36. The van der Waals surface area contributed by atoms with E-state index in [0.29, 0.717) is 10.7 Å². The molecule has 0 heterocycles. The second kappa shape index (κ2) is 8.58. The first-order chi connectivity index (χ1) is 6.91. The fraction of sp³-hybridized carbons (Fsp3) is 1.00. The quantitative estimate of drug-likeness (QED) is 0.654. The van der Waals surface area contributed by atoms with Crippen molar-refractivity contribution in [2.75, 3.05) is 0 Å². The molecule has 2 heteroatoms. The Morgan fingerprint density at radius 3 is 2.07 bits per heavy atom. The topological polar surface area (TPSA) is 20.2 Å². The standard InChI is InChI=1S/C13H27BrO/c1-10(2)6-5-7-11(3)8-13(15)9-12(4)14/h10-13,15H,5-9H2,1-4H3/t11-,12-,13+/m1/s1. The number of aliphatic hydroxyl groups excluding tert-OH is 1. The van der Waals surface area contributed by atoms with Crippen LogP contribution in [0.2, 0.25) is 0 Å². The summed E-state index contributed by atoms with van der Waals surface area (Å²) in [6.07, 6.45) is 5.56. The maximum Gasteiger partial charge on any atom is 0.0553 e. The van der Waals surface area contributed by atoms with Crippen LogP contribution in [0.25, 0.3) is 0 Å². The first-order valence-electron chi connectivity index (χ1n) is 6.24. The molecule has 0 radical (unpaired) electrons. The summed E-state index contributed by atoms with van der Waals surface area (Å²) < 4.78 is 0. The van der Waals surface area contributed by atoms with Gasteiger partial charge in [0.25, 0.3) is 0 Å². The monoisotopic (exact) mass is 278 g/mol. The number of hydrogen-bond donors (Lipinski definition) is 1. The van der Waals surface area contributed by atoms with Crippen LogP contribution in [0.15, 0.2) is 0 Å². The predicted molar refractivity (Wildman–Crippen MR) is 71.5 cm³/mol. The van der Waals surface area contributed by atoms with Crippen LogP contribution in [0.3, 0.4) is 0 Å². The lowest BCUT2D eigenvalue weighted by atomic mass is 9.94. The summed E-state index contributed by atoms with van der Waals surface area (Å²) in [5.74, 6) is 1.47. The number of hydrogen-bond acceptors (Lipinski definition) is 1. The van der Waals surface area contributed by atoms with Gasteiger partial charge in [-0.15, -0.1) is 0 Å². The molecule has 0 rings (SSSR count). The van der Waals surface area contributed by atoms with Gasteiger partial charge in [-0.25, -0.2) is 0 Å². The Hall–Kier alpha value is 0.440. The lowest BCUT2D eigenvalue weighted by Crippen LogP contribution is -2.15. The van der Waals surface area contributed by atoms with Gasteiger partial charge in [0.1, 0.15) is 0 Å². The van der Waals surface area contributed by atoms with Crippen LogP contribution >= 0.6 is 15.9 Å². The molecule has 1 N–H and O–H groups in total. The third-order valence-corrected chi connectivity index (χ3v) is 3.12. The molecule has 0 saturated heterocycles. The second-order valence-corrected chi connectivity index (χ2v) is 6.90. The van der Waals surface area contributed by atoms with E-state index in [-0.39, 0.29) is 6.10 Å². The molecule has 0 fully saturated rings. The molecular weight excluding hydrogens is 252 g/mol. The Balaban J connectivity index is 3.50. The van der Waals surface area contributed by atoms with Crippen LogP contribution in [0.5, 0.6) is 0 Å². The van der Waals surface area contributed by atoms with Gasteiger partial charge in [0.15, 0.2) is 0 Å². The van der Waals surface area contributed by atoms with Crippen molar-refractivity contribution in [3.8, 4) is 0 Å². The minimum absolute atomic E-state index is 0.131. The highest BCUT2D eigenvalue weighted by atomic mass is 79.9. The molecular formula is C13H27BrO. The van der Waals surface area contributed by atoms with E-state index in [1.54, 1.807) is 0 Å². The lowest BCUT2D eigenvalue weighted by Gasteiger charge is -2.17. The Morgan fingerprint density at radius 1 is 1.00 bits per heavy atom. The van der Waals surface area contributed by atoms with Gasteiger partial charge >= 0.3 is 0 Å². The van der Waals surface area contributed by atoms with E-state index in [4.69, 9.17) is 0 Å². The van der Waals surface area contributed by atoms with Crippen molar-refractivity contribution in [3.05, 3.63) is 0 Å². The Morgan fingerprint density at radius 2 is 1.60 bits per heavy atom. The Bertz CT molecular complexity index is 145. The van der Waals surface area contributed by atoms with Gasteiger partial charge in [0.05, 0.1) is 6.10 Å². The molecule has 0 saturated carbocycles. The average Bonchev–Trinajstić information content (AvgIpc) is 2.00. The first-order valence-corrected chi connectivity index (χ1v) is 7.15. The van der Waals surface area contributed by atoms with Crippen molar-refractivity contribution < 1.29 is 5.11 Å². The summed E-state index contributed by atoms with van der Waals surface area (Å²) in [4.78, 5) is 0.426. The van der Waals surface area contributed by atoms with Gasteiger partial charge in [-0.05, 0) is 24.7 Å². The molecule has 3 atom stereocenters. The summed E-state index contributed by atoms with van der Waals surface area (Å²) in [6.45, 7) is 8.88. The largest absolute Gasteiger partial charge is 0.393 e. The van der Waals surface area contributed by atoms with E-state index >= 15 is 0 Å². The lowest BCUT2D eigenvalue weighted by molar-refractivity contribution is 0.134. The van der Waals surface area contributed by atoms with Crippen LogP contribution < -0.4 is 0 Å². The Kier molecular flexibility index (Phi) is 8.83. The van der Waals surface area contributed by atoms with Gasteiger partial charge in [-0.1, -0.05) is 62.9 Å². The molecule has 15 heavy (non-hydrogen) atoms. The van der Waals surface area contributed by atoms with Gasteiger partial charge in [-0.2, -0.15) is 0 Å². The predicted octanol–water partition coefficient (Wildman–Crippen LogP) is 4.37. The molecule has 0 aromatic heterocycles. The van der Waals surface area contributed by atoms with E-state index in [9.17, 15) is 5.11 Å². The van der Waals surface area contributed by atoms with E-state index in [1.165, 1.54) is 19.3 Å². The molecule has 0 aliphatic carbocycles. The van der Waals surface area contributed by atoms with Gasteiger partial charge in [0, 0.05) is 4.83 Å². The summed E-state index contributed by atoms with van der Waals surface area (Å²) in [7, 11) is 0. The smallest absolute Gasteiger partial charge is 0.0553 e. The third kappa shape index (κ3) is 10.7. The normalized spacial score (nSPS) is 17.8. The zero-order chi connectivity index (χ0) is 11.8. The number of halogens is 1. The average molecular weight is 279 g/mol. The van der Waals surface area contributed by atoms with Crippen LogP contribution in [-0.4, -0.2) is 16.0 Å². The third-order valence-electron chi connectivity index (χ3n) is 2.75. The second-order valence-electron chi connectivity index (χ2n) is 5.34. The highest BCUT2D eigenvalue weighted by Gasteiger charge is 2.12. The SMILES string of the molecule is CC(C)CCC[C@@H](C)C[C@H](O)C[C@@H](C)Br. The van der Waals surface area contributed by atoms with Gasteiger partial charge < -0.3 is 5.11 Å². The summed E-state index contributed by atoms with van der Waals surface area (Å²) in [5, 5.41) is 9.77. The molecule has 0 aliphatic heterocycles. The molecule has 0 amide bonds. The molecule has 0 aliphatic rings. The highest BCUT2D eigenvalue weighted by molar-refractivity contribution is 9.09. The van der Waals surface area contributed by atoms with Crippen LogP contribution in [0.4, 0.5) is 0 Å². The number of rotatable bonds is 8. The van der Waals surface area contributed by atoms with Crippen molar-refractivity contribution >= 4 is 15.9 Å². The van der Waals surface area contributed by atoms with Crippen molar-refractivity contribution in [1.82, 2.24) is 0 Å². The van der Waals surface area contributed by atoms with Gasteiger partial charge in [-0.3, -0.25) is 0 Å². The number of alkyl halides is 1. The number of aliphatic hydroxyl groups is 1. The first kappa shape index (κ1) is 15.4. The summed E-state index contributed by atoms with van der Waals surface area (Å²) in [5.41, 5.74) is 0. The van der Waals surface area contributed by atoms with E-state index in [0.717, 1.165) is 18.8 Å². The maximum atomic E-state index is 9.77. The molecule has 0 unspecified atom stereocenters. The molecule has 1 nitrogen and oxygen atoms in total. The molecule has 92 valence electrons. The molecule has 0 aromatic rings. The zero-order valence-electron chi connectivity index (χ0n) is 10.7. The minimum Gasteiger partial charge on any atom is -0.393 e. The molecule has 0 aromatic carbocycles. The molecule has 0 bridgehead atoms. The van der Waals surface area contributed by atoms with E-state index < -0.39 is 0 Å². The van der Waals surface area contributed by atoms with Crippen molar-refractivity contribution in [2.45, 2.75) is 70.7 Å². The van der Waals surface area contributed by atoms with Crippen LogP contribution in [0, 0.1) is 11.8 Å². The highest BCUT2D eigenvalue weighted by Crippen LogP contribution is 2.19. The van der Waals surface area contributed by atoms with Crippen LogP contribution in [0.1, 0.15) is 59.8 Å². The minimum atomic E-state index is -0.131. The van der Waals surface area contributed by atoms with Gasteiger partial charge in [0.2, 0.25) is 0 Å².